The summed E-state index contributed by atoms with van der Waals surface area (Å²) in [7, 11) is 0. The first-order valence-electron chi connectivity index (χ1n) is 7.02. The number of halogens is 1. The molecule has 4 heteroatoms. The maximum absolute atomic E-state index is 13.1. The summed E-state index contributed by atoms with van der Waals surface area (Å²) < 4.78 is 15.0. The zero-order valence-corrected chi connectivity index (χ0v) is 12.0. The van der Waals surface area contributed by atoms with E-state index in [1.165, 1.54) is 12.1 Å². The number of hydrogen-bond donors (Lipinski definition) is 1. The van der Waals surface area contributed by atoms with Crippen molar-refractivity contribution in [3.8, 4) is 11.3 Å². The van der Waals surface area contributed by atoms with Crippen molar-refractivity contribution in [3.63, 3.8) is 0 Å². The van der Waals surface area contributed by atoms with Gasteiger partial charge in [0.05, 0.1) is 17.5 Å². The summed E-state index contributed by atoms with van der Waals surface area (Å²) in [6.45, 7) is 3.92. The highest BCUT2D eigenvalue weighted by atomic mass is 19.1. The highest BCUT2D eigenvalue weighted by Gasteiger charge is 2.19. The molecule has 3 nitrogen and oxygen atoms in total. The number of aliphatic hydroxyl groups is 1. The average Bonchev–Trinajstić information content (AvgIpc) is 2.85. The van der Waals surface area contributed by atoms with Crippen LogP contribution in [0.25, 0.3) is 16.9 Å². The van der Waals surface area contributed by atoms with Gasteiger partial charge in [-0.1, -0.05) is 13.0 Å². The van der Waals surface area contributed by atoms with Gasteiger partial charge in [-0.05, 0) is 49.2 Å². The van der Waals surface area contributed by atoms with Crippen molar-refractivity contribution in [2.45, 2.75) is 26.4 Å². The van der Waals surface area contributed by atoms with Crippen molar-refractivity contribution in [1.82, 2.24) is 9.38 Å². The molecule has 1 aromatic carbocycles. The van der Waals surface area contributed by atoms with Crippen molar-refractivity contribution < 1.29 is 9.50 Å². The number of pyridine rings is 1. The van der Waals surface area contributed by atoms with E-state index in [2.05, 4.69) is 4.98 Å². The van der Waals surface area contributed by atoms with Gasteiger partial charge in [0, 0.05) is 11.8 Å². The van der Waals surface area contributed by atoms with Crippen molar-refractivity contribution in [1.29, 1.82) is 0 Å². The molecule has 1 atom stereocenters. The first-order valence-corrected chi connectivity index (χ1v) is 7.02. The Bertz CT molecular complexity index is 777. The Labute approximate surface area is 122 Å². The topological polar surface area (TPSA) is 37.5 Å². The van der Waals surface area contributed by atoms with Crippen LogP contribution in [-0.4, -0.2) is 14.5 Å². The molecule has 0 bridgehead atoms. The fourth-order valence-electron chi connectivity index (χ4n) is 2.50. The van der Waals surface area contributed by atoms with E-state index in [9.17, 15) is 9.50 Å². The van der Waals surface area contributed by atoms with Crippen LogP contribution in [0.1, 0.15) is 30.7 Å². The molecule has 2 aromatic heterocycles. The predicted octanol–water partition coefficient (Wildman–Crippen LogP) is 3.89. The molecule has 0 spiro atoms. The normalized spacial score (nSPS) is 12.8. The Morgan fingerprint density at radius 2 is 1.90 bits per heavy atom. The largest absolute Gasteiger partial charge is 0.387 e. The molecule has 3 aromatic rings. The van der Waals surface area contributed by atoms with Crippen LogP contribution >= 0.6 is 0 Å². The van der Waals surface area contributed by atoms with Gasteiger partial charge in [0.2, 0.25) is 0 Å². The summed E-state index contributed by atoms with van der Waals surface area (Å²) in [6, 6.07) is 10.1. The average molecular weight is 284 g/mol. The lowest BCUT2D eigenvalue weighted by atomic mass is 10.1. The lowest BCUT2D eigenvalue weighted by Crippen LogP contribution is -2.02. The lowest BCUT2D eigenvalue weighted by Gasteiger charge is -2.11. The zero-order chi connectivity index (χ0) is 15.0. The van der Waals surface area contributed by atoms with Gasteiger partial charge in [-0.3, -0.25) is 0 Å². The third kappa shape index (κ3) is 2.43. The summed E-state index contributed by atoms with van der Waals surface area (Å²) in [5.41, 5.74) is 4.13. The third-order valence-corrected chi connectivity index (χ3v) is 3.62. The van der Waals surface area contributed by atoms with Crippen LogP contribution in [0.5, 0.6) is 0 Å². The lowest BCUT2D eigenvalue weighted by molar-refractivity contribution is 0.168. The SMILES string of the molecule is CCC(O)c1c(-c2ccc(F)cc2)nc2ccc(C)cn12. The van der Waals surface area contributed by atoms with E-state index in [0.717, 1.165) is 22.5 Å². The van der Waals surface area contributed by atoms with E-state index in [1.54, 1.807) is 12.1 Å². The van der Waals surface area contributed by atoms with Gasteiger partial charge in [-0.25, -0.2) is 9.37 Å². The number of aromatic nitrogens is 2. The van der Waals surface area contributed by atoms with Gasteiger partial charge < -0.3 is 9.51 Å². The summed E-state index contributed by atoms with van der Waals surface area (Å²) in [6.07, 6.45) is 1.95. The number of aliphatic hydroxyl groups excluding tert-OH is 1. The molecule has 0 saturated heterocycles. The fourth-order valence-corrected chi connectivity index (χ4v) is 2.50. The van der Waals surface area contributed by atoms with Gasteiger partial charge in [0.1, 0.15) is 11.5 Å². The second kappa shape index (κ2) is 5.30. The predicted molar refractivity (Wildman–Crippen MR) is 80.6 cm³/mol. The number of fused-ring (bicyclic) bond motifs is 1. The highest BCUT2D eigenvalue weighted by Crippen LogP contribution is 2.30. The van der Waals surface area contributed by atoms with E-state index < -0.39 is 6.10 Å². The monoisotopic (exact) mass is 284 g/mol. The van der Waals surface area contributed by atoms with Gasteiger partial charge in [0.25, 0.3) is 0 Å². The minimum absolute atomic E-state index is 0.282. The van der Waals surface area contributed by atoms with Crippen molar-refractivity contribution >= 4 is 5.65 Å². The van der Waals surface area contributed by atoms with Crippen LogP contribution in [0, 0.1) is 12.7 Å². The van der Waals surface area contributed by atoms with Crippen LogP contribution in [0.15, 0.2) is 42.6 Å². The summed E-state index contributed by atoms with van der Waals surface area (Å²) in [5.74, 6) is -0.282. The van der Waals surface area contributed by atoms with Gasteiger partial charge in [-0.15, -0.1) is 0 Å². The Morgan fingerprint density at radius 1 is 1.19 bits per heavy atom. The van der Waals surface area contributed by atoms with Crippen molar-refractivity contribution in [3.05, 3.63) is 59.7 Å². The zero-order valence-electron chi connectivity index (χ0n) is 12.0. The number of benzene rings is 1. The molecule has 108 valence electrons. The minimum atomic E-state index is -0.609. The van der Waals surface area contributed by atoms with Gasteiger partial charge >= 0.3 is 0 Å². The molecule has 0 saturated carbocycles. The van der Waals surface area contributed by atoms with Crippen molar-refractivity contribution in [2.24, 2.45) is 0 Å². The van der Waals surface area contributed by atoms with Crippen LogP contribution in [0.3, 0.4) is 0 Å². The molecule has 0 fully saturated rings. The fraction of sp³-hybridized carbons (Fsp3) is 0.235. The summed E-state index contributed by atoms with van der Waals surface area (Å²) in [4.78, 5) is 4.60. The number of aryl methyl sites for hydroxylation is 1. The van der Waals surface area contributed by atoms with Crippen LogP contribution < -0.4 is 0 Å². The standard InChI is InChI=1S/C17H17FN2O/c1-3-14(21)17-16(12-5-7-13(18)8-6-12)19-15-9-4-11(2)10-20(15)17/h4-10,14,21H,3H2,1-2H3. The van der Waals surface area contributed by atoms with Crippen molar-refractivity contribution in [2.75, 3.05) is 0 Å². The number of rotatable bonds is 3. The summed E-state index contributed by atoms with van der Waals surface area (Å²) >= 11 is 0. The van der Waals surface area contributed by atoms with Crippen LogP contribution in [0.4, 0.5) is 4.39 Å². The molecule has 2 heterocycles. The summed E-state index contributed by atoms with van der Waals surface area (Å²) in [5, 5.41) is 10.4. The van der Waals surface area contributed by atoms with Crippen LogP contribution in [0.2, 0.25) is 0 Å². The molecule has 0 amide bonds. The minimum Gasteiger partial charge on any atom is -0.387 e. The molecular weight excluding hydrogens is 267 g/mol. The second-order valence-electron chi connectivity index (χ2n) is 5.21. The molecule has 0 radical (unpaired) electrons. The van der Waals surface area contributed by atoms with E-state index in [1.807, 2.05) is 36.6 Å². The third-order valence-electron chi connectivity index (χ3n) is 3.62. The molecule has 1 unspecified atom stereocenters. The number of imidazole rings is 1. The molecule has 21 heavy (non-hydrogen) atoms. The Hall–Kier alpha value is -2.20. The van der Waals surface area contributed by atoms with E-state index in [4.69, 9.17) is 0 Å². The first kappa shape index (κ1) is 13.8. The second-order valence-corrected chi connectivity index (χ2v) is 5.21. The smallest absolute Gasteiger partial charge is 0.137 e. The molecule has 1 N–H and O–H groups in total. The Morgan fingerprint density at radius 3 is 2.57 bits per heavy atom. The molecule has 0 aliphatic rings. The first-order chi connectivity index (χ1) is 10.1. The maximum Gasteiger partial charge on any atom is 0.137 e. The van der Waals surface area contributed by atoms with Crippen LogP contribution in [-0.2, 0) is 0 Å². The Balaban J connectivity index is 2.28. The number of nitrogens with zero attached hydrogens (tertiary/aromatic N) is 2. The molecule has 0 aliphatic carbocycles. The van der Waals surface area contributed by atoms with E-state index in [-0.39, 0.29) is 5.82 Å². The van der Waals surface area contributed by atoms with Gasteiger partial charge in [0.15, 0.2) is 0 Å². The Kier molecular flexibility index (Phi) is 3.47. The highest BCUT2D eigenvalue weighted by molar-refractivity contribution is 5.67. The molecular formula is C17H17FN2O. The maximum atomic E-state index is 13.1. The number of hydrogen-bond acceptors (Lipinski definition) is 2. The quantitative estimate of drug-likeness (QED) is 0.792. The molecule has 0 aliphatic heterocycles. The molecule has 3 rings (SSSR count). The van der Waals surface area contributed by atoms with Gasteiger partial charge in [-0.2, -0.15) is 0 Å². The van der Waals surface area contributed by atoms with E-state index in [0.29, 0.717) is 12.1 Å². The van der Waals surface area contributed by atoms with E-state index >= 15 is 0 Å².